The number of allylic oxidation sites excluding steroid dienone is 2. The van der Waals surface area contributed by atoms with E-state index in [1.54, 1.807) is 0 Å². The van der Waals surface area contributed by atoms with Gasteiger partial charge in [0.05, 0.1) is 0 Å². The van der Waals surface area contributed by atoms with Crippen molar-refractivity contribution in [3.8, 4) is 11.5 Å². The number of hydrogen-bond acceptors (Lipinski definition) is 0. The smallest absolute Gasteiger partial charge is 0.127 e. The molecule has 0 aliphatic heterocycles. The van der Waals surface area contributed by atoms with Gasteiger partial charge in [0.1, 0.15) is 8.07 Å². The van der Waals surface area contributed by atoms with Crippen LogP contribution in [0.1, 0.15) is 84.0 Å². The Hall–Kier alpha value is -0.483. The molecule has 0 heterocycles. The first kappa shape index (κ1) is 19.6. The maximum absolute atomic E-state index is 3.59. The van der Waals surface area contributed by atoms with Crippen LogP contribution < -0.4 is 0 Å². The van der Waals surface area contributed by atoms with Gasteiger partial charge in [-0.2, -0.15) is 0 Å². The molecule has 0 radical (unpaired) electrons. The van der Waals surface area contributed by atoms with Crippen molar-refractivity contribution >= 4 is 8.07 Å². The molecule has 0 amide bonds. The van der Waals surface area contributed by atoms with E-state index in [-0.39, 0.29) is 0 Å². The van der Waals surface area contributed by atoms with Gasteiger partial charge in [-0.15, -0.1) is 5.54 Å². The van der Waals surface area contributed by atoms with Crippen LogP contribution in [-0.2, 0) is 0 Å². The summed E-state index contributed by atoms with van der Waals surface area (Å²) < 4.78 is 0. The molecule has 1 heteroatoms. The largest absolute Gasteiger partial charge is 0.129 e. The van der Waals surface area contributed by atoms with Gasteiger partial charge in [0.25, 0.3) is 0 Å². The highest BCUT2D eigenvalue weighted by Crippen LogP contribution is 2.26. The Balaban J connectivity index is 2.50. The molecule has 1 fully saturated rings. The Labute approximate surface area is 141 Å². The van der Waals surface area contributed by atoms with Crippen LogP contribution >= 0.6 is 0 Å². The summed E-state index contributed by atoms with van der Waals surface area (Å²) in [6.07, 6.45) is 19.2. The molecule has 1 rings (SSSR count). The minimum atomic E-state index is -1.25. The fourth-order valence-corrected chi connectivity index (χ4v) is 3.67. The van der Waals surface area contributed by atoms with Crippen LogP contribution in [0, 0.1) is 17.4 Å². The van der Waals surface area contributed by atoms with Crippen molar-refractivity contribution in [3.05, 3.63) is 11.6 Å². The molecule has 1 aliphatic rings. The number of hydrogen-bond donors (Lipinski definition) is 0. The predicted molar refractivity (Wildman–Crippen MR) is 104 cm³/mol. The van der Waals surface area contributed by atoms with Crippen LogP contribution in [0.2, 0.25) is 19.6 Å². The maximum atomic E-state index is 3.59. The summed E-state index contributed by atoms with van der Waals surface area (Å²) in [6.45, 7) is 9.34. The van der Waals surface area contributed by atoms with Crippen LogP contribution in [0.25, 0.3) is 0 Å². The van der Waals surface area contributed by atoms with E-state index >= 15 is 0 Å². The summed E-state index contributed by atoms with van der Waals surface area (Å²) in [5, 5.41) is 0. The molecule has 126 valence electrons. The van der Waals surface area contributed by atoms with Crippen molar-refractivity contribution in [1.82, 2.24) is 0 Å². The van der Waals surface area contributed by atoms with E-state index in [9.17, 15) is 0 Å². The molecule has 0 spiro atoms. The van der Waals surface area contributed by atoms with Gasteiger partial charge in [-0.05, 0) is 37.2 Å². The standard InChI is InChI=1S/C21H38Si/c1-5-6-7-8-9-11-16-21(17-18-22(2,3)4)19-20-14-12-10-13-15-20/h19-20H,5-16H2,1-4H3/b21-19+. The van der Waals surface area contributed by atoms with Crippen LogP contribution in [0.5, 0.6) is 0 Å². The SMILES string of the molecule is CCCCCCCC/C(C#C[Si](C)(C)C)=C\C1CCCCC1. The molecule has 0 bridgehead atoms. The average molecular weight is 319 g/mol. The zero-order valence-electron chi connectivity index (χ0n) is 15.6. The van der Waals surface area contributed by atoms with E-state index < -0.39 is 8.07 Å². The first-order valence-corrected chi connectivity index (χ1v) is 13.2. The lowest BCUT2D eigenvalue weighted by Gasteiger charge is -2.19. The van der Waals surface area contributed by atoms with Crippen LogP contribution in [-0.4, -0.2) is 8.07 Å². The Morgan fingerprint density at radius 1 is 0.955 bits per heavy atom. The van der Waals surface area contributed by atoms with Gasteiger partial charge >= 0.3 is 0 Å². The van der Waals surface area contributed by atoms with Crippen molar-refractivity contribution in [2.75, 3.05) is 0 Å². The highest BCUT2D eigenvalue weighted by molar-refractivity contribution is 6.83. The molecule has 1 saturated carbocycles. The van der Waals surface area contributed by atoms with Gasteiger partial charge in [-0.1, -0.05) is 89.9 Å². The van der Waals surface area contributed by atoms with Crippen LogP contribution in [0.15, 0.2) is 11.6 Å². The zero-order chi connectivity index (χ0) is 16.3. The molecule has 1 aliphatic carbocycles. The molecule has 0 saturated heterocycles. The zero-order valence-corrected chi connectivity index (χ0v) is 16.6. The second kappa shape index (κ2) is 11.1. The predicted octanol–water partition coefficient (Wildman–Crippen LogP) is 7.12. The molecule has 0 unspecified atom stereocenters. The first-order chi connectivity index (χ1) is 10.5. The van der Waals surface area contributed by atoms with Crippen molar-refractivity contribution < 1.29 is 0 Å². The molecule has 22 heavy (non-hydrogen) atoms. The van der Waals surface area contributed by atoms with Crippen LogP contribution in [0.4, 0.5) is 0 Å². The fourth-order valence-electron chi connectivity index (χ4n) is 3.14. The third-order valence-corrected chi connectivity index (χ3v) is 5.36. The molecule has 0 aromatic heterocycles. The Morgan fingerprint density at radius 2 is 1.59 bits per heavy atom. The summed E-state index contributed by atoms with van der Waals surface area (Å²) >= 11 is 0. The lowest BCUT2D eigenvalue weighted by atomic mass is 9.87. The number of rotatable bonds is 8. The van der Waals surface area contributed by atoms with E-state index in [1.165, 1.54) is 82.6 Å². The fraction of sp³-hybridized carbons (Fsp3) is 0.810. The molecular formula is C21H38Si. The average Bonchev–Trinajstić information content (AvgIpc) is 2.48. The van der Waals surface area contributed by atoms with Crippen molar-refractivity contribution in [3.63, 3.8) is 0 Å². The van der Waals surface area contributed by atoms with Crippen molar-refractivity contribution in [1.29, 1.82) is 0 Å². The van der Waals surface area contributed by atoms with E-state index in [4.69, 9.17) is 0 Å². The molecule has 0 nitrogen and oxygen atoms in total. The third-order valence-electron chi connectivity index (χ3n) is 4.48. The van der Waals surface area contributed by atoms with E-state index in [2.05, 4.69) is 44.1 Å². The topological polar surface area (TPSA) is 0 Å². The lowest BCUT2D eigenvalue weighted by Crippen LogP contribution is -2.16. The van der Waals surface area contributed by atoms with Crippen molar-refractivity contribution in [2.45, 2.75) is 104 Å². The second-order valence-corrected chi connectivity index (χ2v) is 12.9. The summed E-state index contributed by atoms with van der Waals surface area (Å²) in [5.41, 5.74) is 5.06. The Morgan fingerprint density at radius 3 is 2.23 bits per heavy atom. The van der Waals surface area contributed by atoms with E-state index in [0.29, 0.717) is 0 Å². The Kier molecular flexibility index (Phi) is 9.88. The van der Waals surface area contributed by atoms with Gasteiger partial charge in [-0.25, -0.2) is 0 Å². The normalized spacial score (nSPS) is 17.2. The molecule has 0 aromatic carbocycles. The minimum absolute atomic E-state index is 0.819. The highest BCUT2D eigenvalue weighted by atomic mass is 28.3. The van der Waals surface area contributed by atoms with Gasteiger partial charge in [-0.3, -0.25) is 0 Å². The first-order valence-electron chi connectivity index (χ1n) is 9.75. The number of unbranched alkanes of at least 4 members (excludes halogenated alkanes) is 5. The Bertz CT molecular complexity index is 369. The quantitative estimate of drug-likeness (QED) is 0.254. The molecular weight excluding hydrogens is 280 g/mol. The molecule has 0 aromatic rings. The second-order valence-electron chi connectivity index (χ2n) is 8.11. The van der Waals surface area contributed by atoms with Crippen molar-refractivity contribution in [2.24, 2.45) is 5.92 Å². The minimum Gasteiger partial charge on any atom is -0.127 e. The van der Waals surface area contributed by atoms with E-state index in [0.717, 1.165) is 5.92 Å². The van der Waals surface area contributed by atoms with Gasteiger partial charge in [0.2, 0.25) is 0 Å². The summed E-state index contributed by atoms with van der Waals surface area (Å²) in [5.74, 6) is 4.40. The maximum Gasteiger partial charge on any atom is 0.129 e. The monoisotopic (exact) mass is 318 g/mol. The van der Waals surface area contributed by atoms with Crippen LogP contribution in [0.3, 0.4) is 0 Å². The van der Waals surface area contributed by atoms with Gasteiger partial charge in [0, 0.05) is 0 Å². The summed E-state index contributed by atoms with van der Waals surface area (Å²) in [7, 11) is -1.25. The highest BCUT2D eigenvalue weighted by Gasteiger charge is 2.12. The van der Waals surface area contributed by atoms with Gasteiger partial charge < -0.3 is 0 Å². The van der Waals surface area contributed by atoms with E-state index in [1.807, 2.05) is 0 Å². The molecule has 0 atom stereocenters. The third kappa shape index (κ3) is 10.3. The lowest BCUT2D eigenvalue weighted by molar-refractivity contribution is 0.417. The van der Waals surface area contributed by atoms with Gasteiger partial charge in [0.15, 0.2) is 0 Å². The molecule has 0 N–H and O–H groups in total. The summed E-state index contributed by atoms with van der Waals surface area (Å²) in [6, 6.07) is 0. The summed E-state index contributed by atoms with van der Waals surface area (Å²) in [4.78, 5) is 0.